The summed E-state index contributed by atoms with van der Waals surface area (Å²) in [5.74, 6) is 0.0622. The number of ether oxygens (including phenoxy) is 1. The zero-order valence-electron chi connectivity index (χ0n) is 13.9. The maximum Gasteiger partial charge on any atom is 0.303 e. The maximum atomic E-state index is 13.0. The Hall–Kier alpha value is -3.28. The standard InChI is InChI=1S/C20H17FN2O3/c21-16-6-4-15(5-7-16)20-22-12-11-17(23-20)13-26-18-8-1-14(2-9-18)3-10-19(24)25/h1-2,4-9,11-12H,3,10,13H2,(H,24,25). The topological polar surface area (TPSA) is 72.3 Å². The van der Waals surface area contributed by atoms with Crippen molar-refractivity contribution in [1.29, 1.82) is 0 Å². The molecule has 1 aromatic heterocycles. The third kappa shape index (κ3) is 4.86. The minimum absolute atomic E-state index is 0.104. The van der Waals surface area contributed by atoms with Gasteiger partial charge in [0.2, 0.25) is 0 Å². The first kappa shape index (κ1) is 17.5. The molecule has 0 amide bonds. The van der Waals surface area contributed by atoms with Gasteiger partial charge in [-0.3, -0.25) is 4.79 Å². The summed E-state index contributed by atoms with van der Waals surface area (Å²) in [6, 6.07) is 15.1. The second kappa shape index (κ2) is 8.20. The minimum atomic E-state index is -0.814. The van der Waals surface area contributed by atoms with Crippen molar-refractivity contribution in [2.75, 3.05) is 0 Å². The molecule has 0 fully saturated rings. The highest BCUT2D eigenvalue weighted by Gasteiger charge is 2.05. The Morgan fingerprint density at radius 1 is 1.04 bits per heavy atom. The third-order valence-corrected chi connectivity index (χ3v) is 3.75. The largest absolute Gasteiger partial charge is 0.487 e. The molecule has 3 aromatic rings. The van der Waals surface area contributed by atoms with Crippen LogP contribution in [0, 0.1) is 5.82 Å². The van der Waals surface area contributed by atoms with E-state index in [0.717, 1.165) is 11.1 Å². The highest BCUT2D eigenvalue weighted by atomic mass is 19.1. The molecule has 0 aliphatic heterocycles. The first-order chi connectivity index (χ1) is 12.6. The van der Waals surface area contributed by atoms with Crippen molar-refractivity contribution in [2.45, 2.75) is 19.4 Å². The maximum absolute atomic E-state index is 13.0. The van der Waals surface area contributed by atoms with Crippen LogP contribution < -0.4 is 4.74 Å². The molecule has 1 heterocycles. The van der Waals surface area contributed by atoms with E-state index in [-0.39, 0.29) is 18.8 Å². The number of carbonyl (C=O) groups is 1. The van der Waals surface area contributed by atoms with Crippen LogP contribution in [-0.2, 0) is 17.8 Å². The van der Waals surface area contributed by atoms with Gasteiger partial charge in [0.15, 0.2) is 5.82 Å². The quantitative estimate of drug-likeness (QED) is 0.699. The van der Waals surface area contributed by atoms with Gasteiger partial charge in [-0.1, -0.05) is 12.1 Å². The van der Waals surface area contributed by atoms with Crippen LogP contribution in [0.2, 0.25) is 0 Å². The summed E-state index contributed by atoms with van der Waals surface area (Å²) in [5, 5.41) is 8.70. The van der Waals surface area contributed by atoms with Gasteiger partial charge in [-0.25, -0.2) is 14.4 Å². The zero-order valence-corrected chi connectivity index (χ0v) is 13.9. The highest BCUT2D eigenvalue weighted by molar-refractivity contribution is 5.67. The highest BCUT2D eigenvalue weighted by Crippen LogP contribution is 2.17. The van der Waals surface area contributed by atoms with Crippen LogP contribution in [0.3, 0.4) is 0 Å². The predicted molar refractivity (Wildman–Crippen MR) is 94.2 cm³/mol. The Balaban J connectivity index is 1.62. The molecular weight excluding hydrogens is 335 g/mol. The van der Waals surface area contributed by atoms with Crippen LogP contribution in [0.4, 0.5) is 4.39 Å². The number of hydrogen-bond acceptors (Lipinski definition) is 4. The number of aryl methyl sites for hydroxylation is 1. The molecule has 0 spiro atoms. The van der Waals surface area contributed by atoms with Gasteiger partial charge in [-0.2, -0.15) is 0 Å². The molecule has 5 nitrogen and oxygen atoms in total. The van der Waals surface area contributed by atoms with Crippen LogP contribution in [0.15, 0.2) is 60.8 Å². The number of halogens is 1. The fourth-order valence-corrected chi connectivity index (χ4v) is 2.38. The lowest BCUT2D eigenvalue weighted by Crippen LogP contribution is -2.01. The summed E-state index contributed by atoms with van der Waals surface area (Å²) < 4.78 is 18.7. The number of rotatable bonds is 7. The molecule has 26 heavy (non-hydrogen) atoms. The van der Waals surface area contributed by atoms with Gasteiger partial charge in [-0.05, 0) is 54.4 Å². The van der Waals surface area contributed by atoms with E-state index >= 15 is 0 Å². The molecule has 0 atom stereocenters. The summed E-state index contributed by atoms with van der Waals surface area (Å²) >= 11 is 0. The molecule has 0 saturated heterocycles. The Labute approximate surface area is 150 Å². The van der Waals surface area contributed by atoms with Gasteiger partial charge in [0.25, 0.3) is 0 Å². The lowest BCUT2D eigenvalue weighted by atomic mass is 10.1. The molecular formula is C20H17FN2O3. The van der Waals surface area contributed by atoms with Crippen LogP contribution in [0.5, 0.6) is 5.75 Å². The van der Waals surface area contributed by atoms with Gasteiger partial charge >= 0.3 is 5.97 Å². The van der Waals surface area contributed by atoms with Gasteiger partial charge in [0.05, 0.1) is 5.69 Å². The van der Waals surface area contributed by atoms with Crippen LogP contribution in [-0.4, -0.2) is 21.0 Å². The Bertz CT molecular complexity index is 880. The molecule has 0 aliphatic carbocycles. The Morgan fingerprint density at radius 3 is 2.46 bits per heavy atom. The second-order valence-electron chi connectivity index (χ2n) is 5.70. The van der Waals surface area contributed by atoms with Crippen LogP contribution in [0.1, 0.15) is 17.7 Å². The van der Waals surface area contributed by atoms with Gasteiger partial charge < -0.3 is 9.84 Å². The molecule has 3 rings (SSSR count). The SMILES string of the molecule is O=C(O)CCc1ccc(OCc2ccnc(-c3ccc(F)cc3)n2)cc1. The number of hydrogen-bond donors (Lipinski definition) is 1. The van der Waals surface area contributed by atoms with Crippen molar-refractivity contribution >= 4 is 5.97 Å². The van der Waals surface area contributed by atoms with Gasteiger partial charge in [0.1, 0.15) is 18.2 Å². The fraction of sp³-hybridized carbons (Fsp3) is 0.150. The first-order valence-corrected chi connectivity index (χ1v) is 8.11. The monoisotopic (exact) mass is 352 g/mol. The predicted octanol–water partition coefficient (Wildman–Crippen LogP) is 3.88. The number of carboxylic acid groups (broad SMARTS) is 1. The summed E-state index contributed by atoms with van der Waals surface area (Å²) in [6.45, 7) is 0.269. The molecule has 2 aromatic carbocycles. The van der Waals surface area contributed by atoms with Crippen molar-refractivity contribution in [3.63, 3.8) is 0 Å². The Morgan fingerprint density at radius 2 is 1.77 bits per heavy atom. The smallest absolute Gasteiger partial charge is 0.303 e. The molecule has 132 valence electrons. The van der Waals surface area contributed by atoms with E-state index in [9.17, 15) is 9.18 Å². The minimum Gasteiger partial charge on any atom is -0.487 e. The molecule has 1 N–H and O–H groups in total. The van der Waals surface area contributed by atoms with E-state index in [2.05, 4.69) is 9.97 Å². The van der Waals surface area contributed by atoms with Gasteiger partial charge in [0, 0.05) is 18.2 Å². The van der Waals surface area contributed by atoms with E-state index in [1.54, 1.807) is 36.5 Å². The third-order valence-electron chi connectivity index (χ3n) is 3.75. The van der Waals surface area contributed by atoms with Crippen molar-refractivity contribution in [3.8, 4) is 17.1 Å². The summed E-state index contributed by atoms with van der Waals surface area (Å²) in [6.07, 6.45) is 2.23. The van der Waals surface area contributed by atoms with E-state index in [1.807, 2.05) is 12.1 Å². The summed E-state index contributed by atoms with van der Waals surface area (Å²) in [7, 11) is 0. The van der Waals surface area contributed by atoms with E-state index in [4.69, 9.17) is 9.84 Å². The van der Waals surface area contributed by atoms with Gasteiger partial charge in [-0.15, -0.1) is 0 Å². The van der Waals surface area contributed by atoms with E-state index in [0.29, 0.717) is 23.7 Å². The fourth-order valence-electron chi connectivity index (χ4n) is 2.38. The second-order valence-corrected chi connectivity index (χ2v) is 5.70. The zero-order chi connectivity index (χ0) is 18.4. The summed E-state index contributed by atoms with van der Waals surface area (Å²) in [5.41, 5.74) is 2.38. The number of carboxylic acids is 1. The number of aromatic nitrogens is 2. The normalized spacial score (nSPS) is 10.5. The van der Waals surface area contributed by atoms with Crippen LogP contribution >= 0.6 is 0 Å². The molecule has 0 radical (unpaired) electrons. The van der Waals surface area contributed by atoms with Crippen molar-refractivity contribution in [1.82, 2.24) is 9.97 Å². The van der Waals surface area contributed by atoms with E-state index in [1.165, 1.54) is 12.1 Å². The average Bonchev–Trinajstić information content (AvgIpc) is 2.66. The Kier molecular flexibility index (Phi) is 5.53. The average molecular weight is 352 g/mol. The van der Waals surface area contributed by atoms with Crippen molar-refractivity contribution in [2.24, 2.45) is 0 Å². The lowest BCUT2D eigenvalue weighted by Gasteiger charge is -2.08. The molecule has 0 saturated carbocycles. The first-order valence-electron chi connectivity index (χ1n) is 8.11. The molecule has 0 aliphatic rings. The number of nitrogens with zero attached hydrogens (tertiary/aromatic N) is 2. The molecule has 6 heteroatoms. The number of aliphatic carboxylic acids is 1. The van der Waals surface area contributed by atoms with Crippen molar-refractivity contribution < 1.29 is 19.0 Å². The van der Waals surface area contributed by atoms with E-state index < -0.39 is 5.97 Å². The summed E-state index contributed by atoms with van der Waals surface area (Å²) in [4.78, 5) is 19.2. The molecule has 0 bridgehead atoms. The molecule has 0 unspecified atom stereocenters. The van der Waals surface area contributed by atoms with Crippen molar-refractivity contribution in [3.05, 3.63) is 77.9 Å². The number of benzene rings is 2. The lowest BCUT2D eigenvalue weighted by molar-refractivity contribution is -0.136. The van der Waals surface area contributed by atoms with Crippen LogP contribution in [0.25, 0.3) is 11.4 Å².